The molecule has 1 atom stereocenters. The zero-order valence-electron chi connectivity index (χ0n) is 11.5. The highest BCUT2D eigenvalue weighted by atomic mass is 79.9. The number of carbonyl (C=O) groups is 1. The summed E-state index contributed by atoms with van der Waals surface area (Å²) in [4.78, 5) is 11.6. The van der Waals surface area contributed by atoms with Gasteiger partial charge in [-0.2, -0.15) is 0 Å². The predicted molar refractivity (Wildman–Crippen MR) is 85.4 cm³/mol. The fourth-order valence-electron chi connectivity index (χ4n) is 2.16. The average Bonchev–Trinajstić information content (AvgIpc) is 2.91. The molecule has 1 heterocycles. The largest absolute Gasteiger partial charge is 0.481 e. The highest BCUT2D eigenvalue weighted by Gasteiger charge is 2.14. The molecule has 1 saturated heterocycles. The van der Waals surface area contributed by atoms with Crippen molar-refractivity contribution in [3.63, 3.8) is 0 Å². The molecular formula is C14H19BrClFN2O2. The van der Waals surface area contributed by atoms with Gasteiger partial charge in [-0.3, -0.25) is 4.79 Å². The molecule has 0 aromatic heterocycles. The lowest BCUT2D eigenvalue weighted by Crippen LogP contribution is -2.31. The SMILES string of the molecule is Cl.O=C(COc1ccc(Br)cc1F)NCCC1CCNC1. The van der Waals surface area contributed by atoms with E-state index >= 15 is 0 Å². The molecular weight excluding hydrogens is 363 g/mol. The quantitative estimate of drug-likeness (QED) is 0.796. The van der Waals surface area contributed by atoms with Crippen molar-refractivity contribution in [1.29, 1.82) is 0 Å². The second-order valence-corrected chi connectivity index (χ2v) is 5.78. The van der Waals surface area contributed by atoms with Crippen molar-refractivity contribution in [2.24, 2.45) is 5.92 Å². The van der Waals surface area contributed by atoms with Gasteiger partial charge < -0.3 is 15.4 Å². The molecule has 1 aliphatic heterocycles. The fourth-order valence-corrected chi connectivity index (χ4v) is 2.50. The molecule has 21 heavy (non-hydrogen) atoms. The van der Waals surface area contributed by atoms with Gasteiger partial charge in [0, 0.05) is 11.0 Å². The second-order valence-electron chi connectivity index (χ2n) is 4.86. The molecule has 1 aromatic carbocycles. The summed E-state index contributed by atoms with van der Waals surface area (Å²) in [5.41, 5.74) is 0. The van der Waals surface area contributed by atoms with Gasteiger partial charge in [0.25, 0.3) is 5.91 Å². The standard InChI is InChI=1S/C14H18BrFN2O2.ClH/c15-11-1-2-13(12(16)7-11)20-9-14(19)18-6-4-10-3-5-17-8-10;/h1-2,7,10,17H,3-6,8-9H2,(H,18,19);1H. The smallest absolute Gasteiger partial charge is 0.257 e. The van der Waals surface area contributed by atoms with Crippen molar-refractivity contribution in [3.8, 4) is 5.75 Å². The van der Waals surface area contributed by atoms with Crippen LogP contribution in [0, 0.1) is 11.7 Å². The molecule has 1 aliphatic rings. The number of amides is 1. The third kappa shape index (κ3) is 6.20. The van der Waals surface area contributed by atoms with Crippen LogP contribution in [0.25, 0.3) is 0 Å². The number of ether oxygens (including phenoxy) is 1. The Morgan fingerprint density at radius 3 is 3.00 bits per heavy atom. The lowest BCUT2D eigenvalue weighted by Gasteiger charge is -2.10. The summed E-state index contributed by atoms with van der Waals surface area (Å²) in [6.07, 6.45) is 2.13. The van der Waals surface area contributed by atoms with Crippen LogP contribution in [0.3, 0.4) is 0 Å². The maximum Gasteiger partial charge on any atom is 0.257 e. The maximum absolute atomic E-state index is 13.5. The molecule has 0 spiro atoms. The molecule has 7 heteroatoms. The van der Waals surface area contributed by atoms with Crippen molar-refractivity contribution in [2.45, 2.75) is 12.8 Å². The molecule has 1 aromatic rings. The van der Waals surface area contributed by atoms with Crippen LogP contribution in [0.5, 0.6) is 5.75 Å². The highest BCUT2D eigenvalue weighted by molar-refractivity contribution is 9.10. The van der Waals surface area contributed by atoms with Crippen molar-refractivity contribution < 1.29 is 13.9 Å². The van der Waals surface area contributed by atoms with Gasteiger partial charge in [-0.25, -0.2) is 4.39 Å². The third-order valence-electron chi connectivity index (χ3n) is 3.29. The normalized spacial score (nSPS) is 17.1. The predicted octanol–water partition coefficient (Wildman–Crippen LogP) is 2.50. The molecule has 118 valence electrons. The van der Waals surface area contributed by atoms with Crippen LogP contribution in [0.4, 0.5) is 4.39 Å². The first-order chi connectivity index (χ1) is 9.65. The van der Waals surface area contributed by atoms with Crippen LogP contribution in [0.15, 0.2) is 22.7 Å². The number of hydrogen-bond donors (Lipinski definition) is 2. The molecule has 2 rings (SSSR count). The van der Waals surface area contributed by atoms with Crippen LogP contribution in [-0.4, -0.2) is 32.1 Å². The molecule has 1 fully saturated rings. The Morgan fingerprint density at radius 1 is 1.52 bits per heavy atom. The number of hydrogen-bond acceptors (Lipinski definition) is 3. The van der Waals surface area contributed by atoms with E-state index in [4.69, 9.17) is 4.74 Å². The average molecular weight is 382 g/mol. The summed E-state index contributed by atoms with van der Waals surface area (Å²) < 4.78 is 19.3. The first-order valence-electron chi connectivity index (χ1n) is 6.70. The van der Waals surface area contributed by atoms with E-state index in [-0.39, 0.29) is 30.7 Å². The van der Waals surface area contributed by atoms with Gasteiger partial charge in [0.05, 0.1) is 0 Å². The summed E-state index contributed by atoms with van der Waals surface area (Å²) in [5.74, 6) is 0.0194. The van der Waals surface area contributed by atoms with Crippen LogP contribution in [0.1, 0.15) is 12.8 Å². The van der Waals surface area contributed by atoms with Gasteiger partial charge in [0.15, 0.2) is 18.2 Å². The van der Waals surface area contributed by atoms with E-state index in [1.807, 2.05) is 0 Å². The Kier molecular flexibility index (Phi) is 8.00. The summed E-state index contributed by atoms with van der Waals surface area (Å²) in [5, 5.41) is 6.07. The summed E-state index contributed by atoms with van der Waals surface area (Å²) in [6.45, 7) is 2.56. The molecule has 4 nitrogen and oxygen atoms in total. The van der Waals surface area contributed by atoms with Crippen molar-refractivity contribution in [1.82, 2.24) is 10.6 Å². The topological polar surface area (TPSA) is 50.4 Å². The molecule has 1 unspecified atom stereocenters. The molecule has 0 bridgehead atoms. The number of benzene rings is 1. The van der Waals surface area contributed by atoms with Gasteiger partial charge >= 0.3 is 0 Å². The molecule has 2 N–H and O–H groups in total. The Morgan fingerprint density at radius 2 is 2.33 bits per heavy atom. The number of halogens is 3. The van der Waals surface area contributed by atoms with E-state index in [0.29, 0.717) is 16.9 Å². The molecule has 0 aliphatic carbocycles. The van der Waals surface area contributed by atoms with E-state index in [0.717, 1.165) is 25.9 Å². The van der Waals surface area contributed by atoms with E-state index in [1.165, 1.54) is 12.1 Å². The monoisotopic (exact) mass is 380 g/mol. The first kappa shape index (κ1) is 18.2. The zero-order valence-corrected chi connectivity index (χ0v) is 13.9. The maximum atomic E-state index is 13.5. The summed E-state index contributed by atoms with van der Waals surface area (Å²) >= 11 is 3.16. The zero-order chi connectivity index (χ0) is 14.4. The van der Waals surface area contributed by atoms with Crippen molar-refractivity contribution in [2.75, 3.05) is 26.2 Å². The Hall–Kier alpha value is -0.850. The Balaban J connectivity index is 0.00000220. The molecule has 0 radical (unpaired) electrons. The van der Waals surface area contributed by atoms with Crippen molar-refractivity contribution >= 4 is 34.2 Å². The van der Waals surface area contributed by atoms with Crippen LogP contribution < -0.4 is 15.4 Å². The number of carbonyl (C=O) groups excluding carboxylic acids is 1. The van der Waals surface area contributed by atoms with E-state index in [1.54, 1.807) is 6.07 Å². The molecule has 0 saturated carbocycles. The second kappa shape index (κ2) is 9.23. The lowest BCUT2D eigenvalue weighted by molar-refractivity contribution is -0.123. The van der Waals surface area contributed by atoms with E-state index in [9.17, 15) is 9.18 Å². The van der Waals surface area contributed by atoms with Gasteiger partial charge in [-0.05, 0) is 50.0 Å². The van der Waals surface area contributed by atoms with E-state index < -0.39 is 5.82 Å². The minimum absolute atomic E-state index is 0. The van der Waals surface area contributed by atoms with Crippen LogP contribution in [0.2, 0.25) is 0 Å². The number of rotatable bonds is 6. The minimum Gasteiger partial charge on any atom is -0.481 e. The van der Waals surface area contributed by atoms with Crippen LogP contribution in [-0.2, 0) is 4.79 Å². The summed E-state index contributed by atoms with van der Waals surface area (Å²) in [6, 6.07) is 4.47. The third-order valence-corrected chi connectivity index (χ3v) is 3.78. The Labute approximate surface area is 138 Å². The van der Waals surface area contributed by atoms with Gasteiger partial charge in [-0.1, -0.05) is 15.9 Å². The first-order valence-corrected chi connectivity index (χ1v) is 7.49. The van der Waals surface area contributed by atoms with Gasteiger partial charge in [0.2, 0.25) is 0 Å². The Bertz CT molecular complexity index is 470. The number of nitrogens with one attached hydrogen (secondary N) is 2. The molecule has 1 amide bonds. The van der Waals surface area contributed by atoms with Gasteiger partial charge in [-0.15, -0.1) is 12.4 Å². The van der Waals surface area contributed by atoms with Crippen LogP contribution >= 0.6 is 28.3 Å². The summed E-state index contributed by atoms with van der Waals surface area (Å²) in [7, 11) is 0. The van der Waals surface area contributed by atoms with Crippen molar-refractivity contribution in [3.05, 3.63) is 28.5 Å². The van der Waals surface area contributed by atoms with E-state index in [2.05, 4.69) is 26.6 Å². The minimum atomic E-state index is -0.482. The fraction of sp³-hybridized carbons (Fsp3) is 0.500. The lowest BCUT2D eigenvalue weighted by atomic mass is 10.1. The highest BCUT2D eigenvalue weighted by Crippen LogP contribution is 2.21. The van der Waals surface area contributed by atoms with Gasteiger partial charge in [0.1, 0.15) is 0 Å².